The van der Waals surface area contributed by atoms with Gasteiger partial charge >= 0.3 is 6.36 Å². The molecule has 1 aromatic carbocycles. The number of halogens is 3. The number of nitrogens with zero attached hydrogens (tertiary/aromatic N) is 1. The molecule has 144 valence electrons. The fourth-order valence-electron chi connectivity index (χ4n) is 2.79. The van der Waals surface area contributed by atoms with E-state index in [9.17, 15) is 13.2 Å². The number of alkyl halides is 3. The summed E-state index contributed by atoms with van der Waals surface area (Å²) in [5.41, 5.74) is 1.44. The van der Waals surface area contributed by atoms with Crippen molar-refractivity contribution < 1.29 is 22.6 Å². The second-order valence-corrected chi connectivity index (χ2v) is 6.41. The first kappa shape index (κ1) is 19.4. The monoisotopic (exact) mass is 397 g/mol. The summed E-state index contributed by atoms with van der Waals surface area (Å²) in [4.78, 5) is 4.32. The Morgan fingerprint density at radius 1 is 1.19 bits per heavy atom. The van der Waals surface area contributed by atoms with Crippen LogP contribution < -0.4 is 15.4 Å². The molecule has 9 heteroatoms. The summed E-state index contributed by atoms with van der Waals surface area (Å²) >= 11 is 5.30. The van der Waals surface area contributed by atoms with Crippen LogP contribution in [0.5, 0.6) is 5.75 Å². The summed E-state index contributed by atoms with van der Waals surface area (Å²) in [6, 6.07) is 11.2. The number of hydrogen-bond donors (Lipinski definition) is 2. The smallest absolute Gasteiger partial charge is 0.406 e. The summed E-state index contributed by atoms with van der Waals surface area (Å²) in [6.45, 7) is 0.588. The summed E-state index contributed by atoms with van der Waals surface area (Å²) in [5.74, 6) is -0.283. The van der Waals surface area contributed by atoms with Crippen molar-refractivity contribution >= 4 is 23.0 Å². The van der Waals surface area contributed by atoms with Crippen LogP contribution in [-0.4, -0.2) is 29.1 Å². The molecule has 0 unspecified atom stereocenters. The topological polar surface area (TPSA) is 55.4 Å². The van der Waals surface area contributed by atoms with E-state index >= 15 is 0 Å². The van der Waals surface area contributed by atoms with Crippen molar-refractivity contribution in [1.82, 2.24) is 10.3 Å². The Labute approximate surface area is 159 Å². The van der Waals surface area contributed by atoms with Crippen molar-refractivity contribution in [3.05, 3.63) is 54.4 Å². The molecular formula is C18H18F3N3O2S. The van der Waals surface area contributed by atoms with Gasteiger partial charge in [-0.25, -0.2) is 0 Å². The number of anilines is 1. The number of hydrogen-bond acceptors (Lipinski definition) is 4. The molecule has 1 aliphatic rings. The third-order valence-electron chi connectivity index (χ3n) is 3.98. The molecule has 2 heterocycles. The number of benzene rings is 1. The number of ether oxygens (including phenoxy) is 2. The quantitative estimate of drug-likeness (QED) is 0.755. The van der Waals surface area contributed by atoms with Crippen LogP contribution in [0.3, 0.4) is 0 Å². The van der Waals surface area contributed by atoms with Crippen LogP contribution >= 0.6 is 12.2 Å². The number of thiocarbonyl (C=S) groups is 1. The van der Waals surface area contributed by atoms with E-state index in [1.54, 1.807) is 6.20 Å². The molecule has 0 bridgehead atoms. The molecule has 1 saturated heterocycles. The first-order valence-electron chi connectivity index (χ1n) is 8.35. The molecular weight excluding hydrogens is 379 g/mol. The van der Waals surface area contributed by atoms with Crippen molar-refractivity contribution in [3.63, 3.8) is 0 Å². The van der Waals surface area contributed by atoms with Gasteiger partial charge in [-0.15, -0.1) is 13.2 Å². The van der Waals surface area contributed by atoms with E-state index in [1.807, 2.05) is 18.2 Å². The molecule has 2 atom stereocenters. The van der Waals surface area contributed by atoms with Crippen LogP contribution in [0, 0.1) is 0 Å². The molecule has 2 N–H and O–H groups in total. The van der Waals surface area contributed by atoms with Gasteiger partial charge in [0, 0.05) is 24.5 Å². The predicted molar refractivity (Wildman–Crippen MR) is 98.4 cm³/mol. The number of aromatic nitrogens is 1. The maximum Gasteiger partial charge on any atom is 0.573 e. The van der Waals surface area contributed by atoms with Gasteiger partial charge in [0.25, 0.3) is 0 Å². The molecule has 1 fully saturated rings. The van der Waals surface area contributed by atoms with Gasteiger partial charge in [-0.3, -0.25) is 4.98 Å². The molecule has 27 heavy (non-hydrogen) atoms. The maximum absolute atomic E-state index is 12.2. The standard InChI is InChI=1S/C18H18F3N3O2S/c19-18(20,21)26-14-6-4-12(5-7-14)23-17(27)24-13-8-10-25-16(11-13)15-3-1-2-9-22-15/h1-7,9,13,16H,8,10-11H2,(H2,23,24,27)/t13-,16-/m1/s1. The van der Waals surface area contributed by atoms with Gasteiger partial charge in [0.05, 0.1) is 5.69 Å². The van der Waals surface area contributed by atoms with Crippen molar-refractivity contribution in [2.75, 3.05) is 11.9 Å². The third-order valence-corrected chi connectivity index (χ3v) is 4.20. The fourth-order valence-corrected chi connectivity index (χ4v) is 3.08. The van der Waals surface area contributed by atoms with E-state index < -0.39 is 6.36 Å². The normalized spacial score (nSPS) is 20.0. The number of nitrogens with one attached hydrogen (secondary N) is 2. The van der Waals surface area contributed by atoms with Crippen molar-refractivity contribution in [2.45, 2.75) is 31.3 Å². The molecule has 0 amide bonds. The van der Waals surface area contributed by atoms with E-state index in [-0.39, 0.29) is 17.9 Å². The average molecular weight is 397 g/mol. The Bertz CT molecular complexity index is 757. The molecule has 0 spiro atoms. The zero-order valence-corrected chi connectivity index (χ0v) is 15.0. The molecule has 1 aromatic heterocycles. The Kier molecular flexibility index (Phi) is 6.12. The van der Waals surface area contributed by atoms with Crippen molar-refractivity contribution in [2.24, 2.45) is 0 Å². The lowest BCUT2D eigenvalue weighted by molar-refractivity contribution is -0.274. The zero-order valence-electron chi connectivity index (χ0n) is 14.2. The average Bonchev–Trinajstić information content (AvgIpc) is 2.63. The van der Waals surface area contributed by atoms with Crippen LogP contribution in [0.2, 0.25) is 0 Å². The lowest BCUT2D eigenvalue weighted by atomic mass is 10.0. The molecule has 1 aliphatic heterocycles. The van der Waals surface area contributed by atoms with E-state index in [1.165, 1.54) is 24.3 Å². The maximum atomic E-state index is 12.2. The van der Waals surface area contributed by atoms with E-state index in [4.69, 9.17) is 17.0 Å². The summed E-state index contributed by atoms with van der Waals surface area (Å²) in [6.07, 6.45) is -1.56. The van der Waals surface area contributed by atoms with Gasteiger partial charge in [0.1, 0.15) is 11.9 Å². The highest BCUT2D eigenvalue weighted by Gasteiger charge is 2.31. The first-order chi connectivity index (χ1) is 12.9. The van der Waals surface area contributed by atoms with Gasteiger partial charge in [0.2, 0.25) is 0 Å². The van der Waals surface area contributed by atoms with E-state index in [0.717, 1.165) is 18.5 Å². The van der Waals surface area contributed by atoms with Crippen LogP contribution in [0.1, 0.15) is 24.6 Å². The highest BCUT2D eigenvalue weighted by Crippen LogP contribution is 2.27. The van der Waals surface area contributed by atoms with Gasteiger partial charge in [-0.05, 0) is 61.5 Å². The molecule has 0 saturated carbocycles. The summed E-state index contributed by atoms with van der Waals surface area (Å²) in [5, 5.41) is 6.58. The van der Waals surface area contributed by atoms with Crippen LogP contribution in [0.4, 0.5) is 18.9 Å². The Balaban J connectivity index is 1.51. The van der Waals surface area contributed by atoms with Crippen LogP contribution in [0.15, 0.2) is 48.7 Å². The molecule has 3 rings (SSSR count). The fraction of sp³-hybridized carbons (Fsp3) is 0.333. The molecule has 0 radical (unpaired) electrons. The predicted octanol–water partition coefficient (Wildman–Crippen LogP) is 4.19. The van der Waals surface area contributed by atoms with Crippen molar-refractivity contribution in [1.29, 1.82) is 0 Å². The molecule has 0 aliphatic carbocycles. The zero-order chi connectivity index (χ0) is 19.3. The van der Waals surface area contributed by atoms with E-state index in [2.05, 4.69) is 20.4 Å². The first-order valence-corrected chi connectivity index (χ1v) is 8.76. The van der Waals surface area contributed by atoms with Gasteiger partial charge < -0.3 is 20.1 Å². The number of pyridine rings is 1. The Morgan fingerprint density at radius 2 is 1.96 bits per heavy atom. The lowest BCUT2D eigenvalue weighted by Crippen LogP contribution is -2.41. The van der Waals surface area contributed by atoms with Gasteiger partial charge in [-0.2, -0.15) is 0 Å². The minimum absolute atomic E-state index is 0.0981. The largest absolute Gasteiger partial charge is 0.573 e. The van der Waals surface area contributed by atoms with Crippen LogP contribution in [-0.2, 0) is 4.74 Å². The second kappa shape index (κ2) is 8.53. The molecule has 5 nitrogen and oxygen atoms in total. The summed E-state index contributed by atoms with van der Waals surface area (Å²) < 4.78 is 46.2. The minimum atomic E-state index is -4.71. The Hall–Kier alpha value is -2.39. The summed E-state index contributed by atoms with van der Waals surface area (Å²) in [7, 11) is 0. The van der Waals surface area contributed by atoms with Crippen molar-refractivity contribution in [3.8, 4) is 5.75 Å². The number of rotatable bonds is 4. The minimum Gasteiger partial charge on any atom is -0.406 e. The highest BCUT2D eigenvalue weighted by molar-refractivity contribution is 7.80. The molecule has 2 aromatic rings. The third kappa shape index (κ3) is 6.07. The van der Waals surface area contributed by atoms with Crippen LogP contribution in [0.25, 0.3) is 0 Å². The van der Waals surface area contributed by atoms with Gasteiger partial charge in [0.15, 0.2) is 5.11 Å². The SMILES string of the molecule is FC(F)(F)Oc1ccc(NC(=S)N[C@@H]2CCO[C@@H](c3ccccn3)C2)cc1. The van der Waals surface area contributed by atoms with E-state index in [0.29, 0.717) is 17.4 Å². The van der Waals surface area contributed by atoms with Gasteiger partial charge in [-0.1, -0.05) is 6.07 Å². The Morgan fingerprint density at radius 3 is 2.63 bits per heavy atom. The highest BCUT2D eigenvalue weighted by atomic mass is 32.1. The second-order valence-electron chi connectivity index (χ2n) is 6.01. The lowest BCUT2D eigenvalue weighted by Gasteiger charge is -2.30.